The number of alkyl halides is 2. The van der Waals surface area contributed by atoms with E-state index < -0.39 is 22.8 Å². The lowest BCUT2D eigenvalue weighted by atomic mass is 10.2. The summed E-state index contributed by atoms with van der Waals surface area (Å²) in [5, 5.41) is 17.5. The molecule has 1 N–H and O–H groups in total. The second kappa shape index (κ2) is 8.02. The molecule has 0 aliphatic carbocycles. The number of aliphatic hydroxyl groups excluding tert-OH is 1. The van der Waals surface area contributed by atoms with Crippen LogP contribution in [0.2, 0.25) is 0 Å². The van der Waals surface area contributed by atoms with Crippen LogP contribution in [-0.4, -0.2) is 56.8 Å². The normalized spacial score (nSPS) is 11.8. The van der Waals surface area contributed by atoms with Gasteiger partial charge in [-0.15, -0.1) is 0 Å². The number of hydrogen-bond donors (Lipinski definition) is 1. The van der Waals surface area contributed by atoms with Crippen molar-refractivity contribution < 1.29 is 22.3 Å². The van der Waals surface area contributed by atoms with Crippen LogP contribution in [0.15, 0.2) is 29.2 Å². The Bertz CT molecular complexity index is 600. The second-order valence-corrected chi connectivity index (χ2v) is 6.48. The van der Waals surface area contributed by atoms with Gasteiger partial charge in [-0.2, -0.15) is 5.26 Å². The van der Waals surface area contributed by atoms with E-state index in [4.69, 9.17) is 10.4 Å². The molecule has 1 aromatic rings. The molecule has 1 rings (SSSR count). The maximum absolute atomic E-state index is 12.3. The first-order valence-electron chi connectivity index (χ1n) is 6.23. The number of aliphatic hydroxyl groups is 1. The summed E-state index contributed by atoms with van der Waals surface area (Å²) in [5.41, 5.74) is 0.218. The highest BCUT2D eigenvalue weighted by molar-refractivity contribution is 7.91. The predicted octanol–water partition coefficient (Wildman–Crippen LogP) is 0.891. The van der Waals surface area contributed by atoms with Crippen molar-refractivity contribution in [1.29, 1.82) is 5.26 Å². The molecule has 0 amide bonds. The summed E-state index contributed by atoms with van der Waals surface area (Å²) in [6, 6.07) is 7.39. The summed E-state index contributed by atoms with van der Waals surface area (Å²) in [6.45, 7) is -1.03. The van der Waals surface area contributed by atoms with Crippen molar-refractivity contribution in [2.75, 3.05) is 32.0 Å². The predicted molar refractivity (Wildman–Crippen MR) is 72.7 cm³/mol. The van der Waals surface area contributed by atoms with Crippen molar-refractivity contribution in [3.05, 3.63) is 29.8 Å². The minimum atomic E-state index is -3.66. The lowest BCUT2D eigenvalue weighted by Gasteiger charge is -2.20. The van der Waals surface area contributed by atoms with E-state index in [2.05, 4.69) is 0 Å². The number of nitrogens with zero attached hydrogens (tertiary/aromatic N) is 2. The second-order valence-electron chi connectivity index (χ2n) is 4.37. The lowest BCUT2D eigenvalue weighted by molar-refractivity contribution is 0.0815. The smallest absolute Gasteiger partial charge is 0.251 e. The van der Waals surface area contributed by atoms with Gasteiger partial charge >= 0.3 is 0 Å². The molecule has 0 spiro atoms. The Hall–Kier alpha value is -1.56. The Kier molecular flexibility index (Phi) is 6.68. The number of nitriles is 1. The molecule has 0 saturated carbocycles. The van der Waals surface area contributed by atoms with Gasteiger partial charge in [-0.05, 0) is 18.2 Å². The molecule has 0 aliphatic heterocycles. The van der Waals surface area contributed by atoms with Crippen LogP contribution in [-0.2, 0) is 9.84 Å². The molecule has 0 aromatic heterocycles. The van der Waals surface area contributed by atoms with Gasteiger partial charge in [0.2, 0.25) is 0 Å². The average molecular weight is 318 g/mol. The highest BCUT2D eigenvalue weighted by atomic mass is 32.2. The summed E-state index contributed by atoms with van der Waals surface area (Å²) in [4.78, 5) is 1.18. The molecule has 5 nitrogen and oxygen atoms in total. The van der Waals surface area contributed by atoms with Crippen LogP contribution in [0.25, 0.3) is 0 Å². The van der Waals surface area contributed by atoms with Crippen LogP contribution < -0.4 is 0 Å². The summed E-state index contributed by atoms with van der Waals surface area (Å²) < 4.78 is 48.9. The molecular formula is C13H16F2N2O3S. The molecule has 0 heterocycles. The number of halogens is 2. The zero-order valence-electron chi connectivity index (χ0n) is 11.2. The third kappa shape index (κ3) is 5.75. The Morgan fingerprint density at radius 1 is 1.33 bits per heavy atom. The molecule has 0 fully saturated rings. The van der Waals surface area contributed by atoms with Crippen molar-refractivity contribution in [2.45, 2.75) is 11.3 Å². The fourth-order valence-corrected chi connectivity index (χ4v) is 3.08. The van der Waals surface area contributed by atoms with Crippen LogP contribution in [0.5, 0.6) is 0 Å². The van der Waals surface area contributed by atoms with Crippen molar-refractivity contribution in [3.63, 3.8) is 0 Å². The van der Waals surface area contributed by atoms with Crippen LogP contribution in [0.4, 0.5) is 8.78 Å². The van der Waals surface area contributed by atoms with Gasteiger partial charge in [0, 0.05) is 13.1 Å². The number of sulfone groups is 1. The number of benzene rings is 1. The average Bonchev–Trinajstić information content (AvgIpc) is 2.44. The molecular weight excluding hydrogens is 302 g/mol. The van der Waals surface area contributed by atoms with Crippen molar-refractivity contribution in [2.24, 2.45) is 0 Å². The zero-order valence-corrected chi connectivity index (χ0v) is 12.1. The molecule has 0 unspecified atom stereocenters. The molecule has 0 bridgehead atoms. The molecule has 0 atom stereocenters. The van der Waals surface area contributed by atoms with Gasteiger partial charge in [0.25, 0.3) is 6.43 Å². The lowest BCUT2D eigenvalue weighted by Crippen LogP contribution is -2.35. The third-order valence-corrected chi connectivity index (χ3v) is 4.50. The molecule has 1 aromatic carbocycles. The van der Waals surface area contributed by atoms with Crippen molar-refractivity contribution >= 4 is 9.84 Å². The van der Waals surface area contributed by atoms with Gasteiger partial charge in [0.15, 0.2) is 9.84 Å². The standard InChI is InChI=1S/C13H16F2N2O3S/c14-13(15)10-17(4-6-18)5-7-21(19,20)12-3-1-2-11(8-12)9-16/h1-3,8,13,18H,4-7,10H2. The van der Waals surface area contributed by atoms with E-state index in [9.17, 15) is 17.2 Å². The van der Waals surface area contributed by atoms with Gasteiger partial charge in [-0.25, -0.2) is 17.2 Å². The number of rotatable bonds is 8. The van der Waals surface area contributed by atoms with Gasteiger partial charge < -0.3 is 5.11 Å². The van der Waals surface area contributed by atoms with Gasteiger partial charge in [-0.3, -0.25) is 4.90 Å². The summed E-state index contributed by atoms with van der Waals surface area (Å²) in [7, 11) is -3.66. The Morgan fingerprint density at radius 2 is 2.05 bits per heavy atom. The molecule has 0 aliphatic rings. The fourth-order valence-electron chi connectivity index (χ4n) is 1.76. The molecule has 0 saturated heterocycles. The topological polar surface area (TPSA) is 81.4 Å². The third-order valence-electron chi connectivity index (χ3n) is 2.81. The first-order chi connectivity index (χ1) is 9.89. The summed E-state index contributed by atoms with van der Waals surface area (Å²) in [6.07, 6.45) is -2.60. The summed E-state index contributed by atoms with van der Waals surface area (Å²) >= 11 is 0. The van der Waals surface area contributed by atoms with Crippen LogP contribution in [0.3, 0.4) is 0 Å². The van der Waals surface area contributed by atoms with Crippen LogP contribution in [0, 0.1) is 11.3 Å². The first kappa shape index (κ1) is 17.5. The SMILES string of the molecule is N#Cc1cccc(S(=O)(=O)CCN(CCO)CC(F)F)c1. The molecule has 116 valence electrons. The van der Waals surface area contributed by atoms with E-state index in [0.29, 0.717) is 0 Å². The highest BCUT2D eigenvalue weighted by Gasteiger charge is 2.18. The minimum absolute atomic E-state index is 0.0115. The van der Waals surface area contributed by atoms with E-state index in [1.165, 1.54) is 29.2 Å². The van der Waals surface area contributed by atoms with Crippen LogP contribution in [0.1, 0.15) is 5.56 Å². The van der Waals surface area contributed by atoms with E-state index in [-0.39, 0.29) is 35.9 Å². The Balaban J connectivity index is 2.77. The maximum Gasteiger partial charge on any atom is 0.251 e. The minimum Gasteiger partial charge on any atom is -0.395 e. The summed E-state index contributed by atoms with van der Waals surface area (Å²) in [5.74, 6) is -0.353. The largest absolute Gasteiger partial charge is 0.395 e. The van der Waals surface area contributed by atoms with E-state index in [1.807, 2.05) is 6.07 Å². The maximum atomic E-state index is 12.3. The van der Waals surface area contributed by atoms with E-state index >= 15 is 0 Å². The Morgan fingerprint density at radius 3 is 2.62 bits per heavy atom. The zero-order chi connectivity index (χ0) is 15.9. The molecule has 0 radical (unpaired) electrons. The Labute approximate surface area is 122 Å². The van der Waals surface area contributed by atoms with Gasteiger partial charge in [0.1, 0.15) is 0 Å². The van der Waals surface area contributed by atoms with Crippen LogP contribution >= 0.6 is 0 Å². The van der Waals surface area contributed by atoms with E-state index in [0.717, 1.165) is 0 Å². The molecule has 21 heavy (non-hydrogen) atoms. The monoisotopic (exact) mass is 318 g/mol. The quantitative estimate of drug-likeness (QED) is 0.770. The van der Waals surface area contributed by atoms with Gasteiger partial charge in [-0.1, -0.05) is 6.07 Å². The van der Waals surface area contributed by atoms with Gasteiger partial charge in [0.05, 0.1) is 35.4 Å². The number of hydrogen-bond acceptors (Lipinski definition) is 5. The van der Waals surface area contributed by atoms with E-state index in [1.54, 1.807) is 0 Å². The van der Waals surface area contributed by atoms with Crippen molar-refractivity contribution in [3.8, 4) is 6.07 Å². The fraction of sp³-hybridized carbons (Fsp3) is 0.462. The van der Waals surface area contributed by atoms with Crippen molar-refractivity contribution in [1.82, 2.24) is 4.90 Å². The first-order valence-corrected chi connectivity index (χ1v) is 7.88. The highest BCUT2D eigenvalue weighted by Crippen LogP contribution is 2.13. The molecule has 8 heteroatoms.